The van der Waals surface area contributed by atoms with Crippen LogP contribution in [0, 0.1) is 6.92 Å². The molecule has 0 spiro atoms. The quantitative estimate of drug-likeness (QED) is 0.907. The Balaban J connectivity index is 2.21. The fourth-order valence-corrected chi connectivity index (χ4v) is 2.60. The fraction of sp³-hybridized carbons (Fsp3) is 0.333. The first-order chi connectivity index (χ1) is 8.11. The third-order valence-corrected chi connectivity index (χ3v) is 3.92. The molecule has 0 radical (unpaired) electrons. The van der Waals surface area contributed by atoms with Gasteiger partial charge in [0.2, 0.25) is 0 Å². The van der Waals surface area contributed by atoms with E-state index in [0.29, 0.717) is 12.2 Å². The highest BCUT2D eigenvalue weighted by Crippen LogP contribution is 2.19. The van der Waals surface area contributed by atoms with Crippen molar-refractivity contribution in [3.63, 3.8) is 0 Å². The zero-order chi connectivity index (χ0) is 12.4. The zero-order valence-electron chi connectivity index (χ0n) is 9.80. The Hall–Kier alpha value is -1.62. The summed E-state index contributed by atoms with van der Waals surface area (Å²) in [5, 5.41) is 13.0. The van der Waals surface area contributed by atoms with Crippen LogP contribution in [0.5, 0.6) is 0 Å². The number of nitrogens with zero attached hydrogens (tertiary/aromatic N) is 2. The monoisotopic (exact) mass is 250 g/mol. The van der Waals surface area contributed by atoms with E-state index in [1.54, 1.807) is 22.9 Å². The number of carboxylic acid groups (broad SMARTS) is 1. The van der Waals surface area contributed by atoms with E-state index in [9.17, 15) is 4.79 Å². The maximum atomic E-state index is 10.9. The van der Waals surface area contributed by atoms with E-state index in [-0.39, 0.29) is 5.56 Å². The van der Waals surface area contributed by atoms with Crippen LogP contribution >= 0.6 is 11.3 Å². The van der Waals surface area contributed by atoms with Gasteiger partial charge in [0.1, 0.15) is 5.56 Å². The molecule has 0 unspecified atom stereocenters. The Kier molecular flexibility index (Phi) is 3.28. The number of hydrogen-bond donors (Lipinski definition) is 1. The maximum Gasteiger partial charge on any atom is 0.339 e. The first-order valence-electron chi connectivity index (χ1n) is 5.45. The lowest BCUT2D eigenvalue weighted by atomic mass is 10.3. The second kappa shape index (κ2) is 4.71. The Morgan fingerprint density at radius 2 is 2.18 bits per heavy atom. The molecule has 0 aliphatic carbocycles. The molecular formula is C12H14N2O2S. The van der Waals surface area contributed by atoms with E-state index >= 15 is 0 Å². The summed E-state index contributed by atoms with van der Waals surface area (Å²) >= 11 is 1.75. The molecular weight excluding hydrogens is 236 g/mol. The van der Waals surface area contributed by atoms with Crippen molar-refractivity contribution in [2.75, 3.05) is 0 Å². The molecule has 0 aliphatic rings. The van der Waals surface area contributed by atoms with E-state index in [1.165, 1.54) is 16.0 Å². The molecule has 0 fully saturated rings. The van der Waals surface area contributed by atoms with Gasteiger partial charge < -0.3 is 5.11 Å². The molecule has 4 nitrogen and oxygen atoms in total. The van der Waals surface area contributed by atoms with E-state index in [1.807, 2.05) is 0 Å². The van der Waals surface area contributed by atoms with E-state index in [2.05, 4.69) is 24.2 Å². The molecule has 0 bridgehead atoms. The van der Waals surface area contributed by atoms with Gasteiger partial charge in [-0.05, 0) is 25.5 Å². The molecule has 2 aromatic heterocycles. The van der Waals surface area contributed by atoms with Gasteiger partial charge in [0, 0.05) is 9.75 Å². The second-order valence-corrected chi connectivity index (χ2v) is 5.08. The molecule has 2 heterocycles. The van der Waals surface area contributed by atoms with Crippen LogP contribution in [0.25, 0.3) is 0 Å². The number of aromatic carboxylic acids is 1. The molecule has 0 saturated carbocycles. The largest absolute Gasteiger partial charge is 0.478 e. The number of carbonyl (C=O) groups is 1. The van der Waals surface area contributed by atoms with Gasteiger partial charge in [0.05, 0.1) is 18.4 Å². The lowest BCUT2D eigenvalue weighted by Crippen LogP contribution is -2.04. The average molecular weight is 250 g/mol. The molecule has 1 N–H and O–H groups in total. The molecule has 5 heteroatoms. The normalized spacial score (nSPS) is 10.7. The first kappa shape index (κ1) is 11.9. The van der Waals surface area contributed by atoms with E-state index in [4.69, 9.17) is 5.11 Å². The van der Waals surface area contributed by atoms with Crippen LogP contribution in [0.15, 0.2) is 18.3 Å². The lowest BCUT2D eigenvalue weighted by molar-refractivity contribution is 0.0696. The number of aromatic nitrogens is 2. The van der Waals surface area contributed by atoms with Crippen molar-refractivity contribution in [2.45, 2.75) is 26.8 Å². The van der Waals surface area contributed by atoms with Gasteiger partial charge in [-0.2, -0.15) is 5.10 Å². The Labute approximate surface area is 104 Å². The van der Waals surface area contributed by atoms with Crippen molar-refractivity contribution < 1.29 is 9.90 Å². The van der Waals surface area contributed by atoms with Gasteiger partial charge in [-0.25, -0.2) is 4.79 Å². The molecule has 0 saturated heterocycles. The van der Waals surface area contributed by atoms with Crippen LogP contribution in [-0.4, -0.2) is 20.9 Å². The minimum absolute atomic E-state index is 0.275. The topological polar surface area (TPSA) is 55.1 Å². The molecule has 90 valence electrons. The predicted molar refractivity (Wildman–Crippen MR) is 66.7 cm³/mol. The number of thiophene rings is 1. The van der Waals surface area contributed by atoms with Crippen molar-refractivity contribution in [2.24, 2.45) is 0 Å². The van der Waals surface area contributed by atoms with Crippen molar-refractivity contribution in [3.8, 4) is 0 Å². The molecule has 2 rings (SSSR count). The molecule has 0 amide bonds. The second-order valence-electron chi connectivity index (χ2n) is 3.83. The van der Waals surface area contributed by atoms with Gasteiger partial charge >= 0.3 is 5.97 Å². The summed E-state index contributed by atoms with van der Waals surface area (Å²) in [5.41, 5.74) is 0.973. The minimum Gasteiger partial charge on any atom is -0.478 e. The highest BCUT2D eigenvalue weighted by atomic mass is 32.1. The summed E-state index contributed by atoms with van der Waals surface area (Å²) < 4.78 is 1.73. The van der Waals surface area contributed by atoms with Crippen LogP contribution in [0.3, 0.4) is 0 Å². The van der Waals surface area contributed by atoms with Gasteiger partial charge in [-0.3, -0.25) is 4.68 Å². The van der Waals surface area contributed by atoms with Gasteiger partial charge in [0.25, 0.3) is 0 Å². The van der Waals surface area contributed by atoms with Crippen molar-refractivity contribution in [1.29, 1.82) is 0 Å². The van der Waals surface area contributed by atoms with Crippen LogP contribution in [0.1, 0.15) is 32.7 Å². The van der Waals surface area contributed by atoms with E-state index < -0.39 is 5.97 Å². The van der Waals surface area contributed by atoms with Crippen molar-refractivity contribution in [3.05, 3.63) is 39.3 Å². The third kappa shape index (κ3) is 2.39. The zero-order valence-corrected chi connectivity index (χ0v) is 10.6. The minimum atomic E-state index is -0.922. The fourth-order valence-electron chi connectivity index (χ4n) is 1.66. The summed E-state index contributed by atoms with van der Waals surface area (Å²) in [7, 11) is 0. The standard InChI is InChI=1S/C12H14N2O2S/c1-3-9-4-5-10(17-9)7-14-8(2)11(6-13-14)12(15)16/h4-6H,3,7H2,1-2H3,(H,15,16). The molecule has 17 heavy (non-hydrogen) atoms. The summed E-state index contributed by atoms with van der Waals surface area (Å²) in [5.74, 6) is -0.922. The number of carboxylic acids is 1. The maximum absolute atomic E-state index is 10.9. The third-order valence-electron chi connectivity index (χ3n) is 2.70. The first-order valence-corrected chi connectivity index (χ1v) is 6.26. The number of hydrogen-bond acceptors (Lipinski definition) is 3. The predicted octanol–water partition coefficient (Wildman–Crippen LogP) is 2.56. The van der Waals surface area contributed by atoms with Crippen LogP contribution < -0.4 is 0 Å². The lowest BCUT2D eigenvalue weighted by Gasteiger charge is -2.02. The van der Waals surface area contributed by atoms with Crippen LogP contribution in [0.2, 0.25) is 0 Å². The smallest absolute Gasteiger partial charge is 0.339 e. The van der Waals surface area contributed by atoms with Gasteiger partial charge in [0.15, 0.2) is 0 Å². The van der Waals surface area contributed by atoms with Crippen LogP contribution in [-0.2, 0) is 13.0 Å². The molecule has 0 aliphatic heterocycles. The summed E-state index contributed by atoms with van der Waals surface area (Å²) in [6.45, 7) is 4.55. The van der Waals surface area contributed by atoms with E-state index in [0.717, 1.165) is 6.42 Å². The number of aryl methyl sites for hydroxylation is 1. The van der Waals surface area contributed by atoms with Gasteiger partial charge in [-0.15, -0.1) is 11.3 Å². The Morgan fingerprint density at radius 1 is 1.47 bits per heavy atom. The molecule has 0 aromatic carbocycles. The van der Waals surface area contributed by atoms with Gasteiger partial charge in [-0.1, -0.05) is 6.92 Å². The summed E-state index contributed by atoms with van der Waals surface area (Å²) in [4.78, 5) is 13.4. The highest BCUT2D eigenvalue weighted by molar-refractivity contribution is 7.11. The highest BCUT2D eigenvalue weighted by Gasteiger charge is 2.13. The van der Waals surface area contributed by atoms with Crippen molar-refractivity contribution >= 4 is 17.3 Å². The molecule has 2 aromatic rings. The Morgan fingerprint density at radius 3 is 2.71 bits per heavy atom. The summed E-state index contributed by atoms with van der Waals surface area (Å²) in [6.07, 6.45) is 2.44. The average Bonchev–Trinajstić information content (AvgIpc) is 2.87. The molecule has 0 atom stereocenters. The van der Waals surface area contributed by atoms with Crippen LogP contribution in [0.4, 0.5) is 0 Å². The Bertz CT molecular complexity index is 542. The van der Waals surface area contributed by atoms with Crippen molar-refractivity contribution in [1.82, 2.24) is 9.78 Å². The summed E-state index contributed by atoms with van der Waals surface area (Å²) in [6, 6.07) is 4.18. The number of rotatable bonds is 4. The SMILES string of the molecule is CCc1ccc(Cn2ncc(C(=O)O)c2C)s1.